The number of hydrogen-bond acceptors (Lipinski definition) is 4. The van der Waals surface area contributed by atoms with Crippen molar-refractivity contribution in [2.24, 2.45) is 0 Å². The molecule has 0 atom stereocenters. The summed E-state index contributed by atoms with van der Waals surface area (Å²) in [5.41, 5.74) is 3.65. The van der Waals surface area contributed by atoms with Crippen molar-refractivity contribution in [3.05, 3.63) is 84.1 Å². The molecule has 0 aliphatic rings. The van der Waals surface area contributed by atoms with Crippen LogP contribution in [-0.2, 0) is 20.9 Å². The topological polar surface area (TPSA) is 73.2 Å². The Morgan fingerprint density at radius 3 is 2.45 bits per heavy atom. The van der Waals surface area contributed by atoms with Gasteiger partial charge in [-0.1, -0.05) is 60.7 Å². The third kappa shape index (κ3) is 5.90. The predicted molar refractivity (Wildman–Crippen MR) is 112 cm³/mol. The molecule has 148 valence electrons. The van der Waals surface area contributed by atoms with Crippen molar-refractivity contribution < 1.29 is 14.3 Å². The molecule has 0 fully saturated rings. The van der Waals surface area contributed by atoms with Crippen molar-refractivity contribution in [1.82, 2.24) is 15.1 Å². The van der Waals surface area contributed by atoms with E-state index >= 15 is 0 Å². The van der Waals surface area contributed by atoms with Crippen LogP contribution in [0, 0.1) is 0 Å². The molecule has 6 heteroatoms. The number of nitrogens with one attached hydrogen (secondary N) is 1. The van der Waals surface area contributed by atoms with E-state index in [0.717, 1.165) is 22.4 Å². The van der Waals surface area contributed by atoms with Gasteiger partial charge in [0, 0.05) is 29.9 Å². The molecule has 0 unspecified atom stereocenters. The van der Waals surface area contributed by atoms with E-state index in [-0.39, 0.29) is 12.5 Å². The van der Waals surface area contributed by atoms with Gasteiger partial charge >= 0.3 is 5.97 Å². The van der Waals surface area contributed by atoms with E-state index < -0.39 is 5.97 Å². The summed E-state index contributed by atoms with van der Waals surface area (Å²) in [6.07, 6.45) is 4.87. The molecule has 6 nitrogen and oxygen atoms in total. The highest BCUT2D eigenvalue weighted by atomic mass is 16.5. The van der Waals surface area contributed by atoms with Gasteiger partial charge < -0.3 is 10.1 Å². The monoisotopic (exact) mass is 389 g/mol. The second-order valence-corrected chi connectivity index (χ2v) is 6.38. The molecule has 0 saturated heterocycles. The number of carbonyl (C=O) groups is 2. The Bertz CT molecular complexity index is 979. The molecule has 0 aliphatic heterocycles. The number of hydrogen-bond donors (Lipinski definition) is 1. The summed E-state index contributed by atoms with van der Waals surface area (Å²) in [7, 11) is 0. The van der Waals surface area contributed by atoms with E-state index in [1.165, 1.54) is 6.08 Å². The molecule has 0 aliphatic carbocycles. The van der Waals surface area contributed by atoms with Crippen LogP contribution in [0.1, 0.15) is 18.1 Å². The predicted octanol–water partition coefficient (Wildman–Crippen LogP) is 3.29. The Morgan fingerprint density at radius 1 is 1.07 bits per heavy atom. The van der Waals surface area contributed by atoms with Gasteiger partial charge in [-0.2, -0.15) is 5.10 Å². The largest absolute Gasteiger partial charge is 0.452 e. The Kier molecular flexibility index (Phi) is 6.95. The normalized spacial score (nSPS) is 10.8. The third-order valence-electron chi connectivity index (χ3n) is 4.14. The number of nitrogens with zero attached hydrogens (tertiary/aromatic N) is 2. The molecule has 3 aromatic rings. The van der Waals surface area contributed by atoms with Crippen molar-refractivity contribution in [3.8, 4) is 11.3 Å². The van der Waals surface area contributed by atoms with Gasteiger partial charge in [-0.05, 0) is 18.6 Å². The molecule has 0 radical (unpaired) electrons. The van der Waals surface area contributed by atoms with E-state index in [0.29, 0.717) is 13.1 Å². The maximum absolute atomic E-state index is 12.0. The molecule has 0 spiro atoms. The minimum absolute atomic E-state index is 0.296. The summed E-state index contributed by atoms with van der Waals surface area (Å²) in [4.78, 5) is 23.4. The van der Waals surface area contributed by atoms with Crippen molar-refractivity contribution >= 4 is 18.0 Å². The van der Waals surface area contributed by atoms with Crippen LogP contribution in [0.25, 0.3) is 17.3 Å². The average molecular weight is 389 g/mol. The summed E-state index contributed by atoms with van der Waals surface area (Å²) >= 11 is 0. The summed E-state index contributed by atoms with van der Waals surface area (Å²) in [5.74, 6) is -0.902. The zero-order valence-corrected chi connectivity index (χ0v) is 16.2. The lowest BCUT2D eigenvalue weighted by Crippen LogP contribution is -2.28. The Balaban J connectivity index is 1.78. The highest BCUT2D eigenvalue weighted by Gasteiger charge is 2.10. The first-order chi connectivity index (χ1) is 14.2. The number of carbonyl (C=O) groups excluding carboxylic acids is 2. The number of likely N-dealkylation sites (N-methyl/N-ethyl adjacent to an activating group) is 1. The molecule has 0 saturated carbocycles. The van der Waals surface area contributed by atoms with Crippen LogP contribution < -0.4 is 5.32 Å². The summed E-state index contributed by atoms with van der Waals surface area (Å²) in [6.45, 7) is 2.62. The van der Waals surface area contributed by atoms with Gasteiger partial charge in [-0.3, -0.25) is 9.48 Å². The second-order valence-electron chi connectivity index (χ2n) is 6.38. The number of esters is 1. The van der Waals surface area contributed by atoms with Crippen LogP contribution in [-0.4, -0.2) is 34.8 Å². The molecule has 1 heterocycles. The molecule has 1 aromatic heterocycles. The van der Waals surface area contributed by atoms with Crippen LogP contribution in [0.15, 0.2) is 72.9 Å². The zero-order chi connectivity index (χ0) is 20.5. The first-order valence-corrected chi connectivity index (χ1v) is 9.44. The van der Waals surface area contributed by atoms with E-state index in [1.54, 1.807) is 13.0 Å². The second kappa shape index (κ2) is 10.0. The molecular formula is C23H23N3O3. The van der Waals surface area contributed by atoms with Gasteiger partial charge in [0.1, 0.15) is 0 Å². The molecule has 1 N–H and O–H groups in total. The number of benzene rings is 2. The molecule has 2 aromatic carbocycles. The Morgan fingerprint density at radius 2 is 1.76 bits per heavy atom. The van der Waals surface area contributed by atoms with E-state index in [1.807, 2.05) is 71.5 Å². The maximum Gasteiger partial charge on any atom is 0.331 e. The lowest BCUT2D eigenvalue weighted by molar-refractivity contribution is -0.143. The van der Waals surface area contributed by atoms with Gasteiger partial charge in [0.05, 0.1) is 12.2 Å². The smallest absolute Gasteiger partial charge is 0.331 e. The van der Waals surface area contributed by atoms with Crippen LogP contribution in [0.2, 0.25) is 0 Å². The molecule has 3 rings (SSSR count). The summed E-state index contributed by atoms with van der Waals surface area (Å²) in [5, 5.41) is 7.28. The van der Waals surface area contributed by atoms with Gasteiger partial charge in [-0.15, -0.1) is 0 Å². The summed E-state index contributed by atoms with van der Waals surface area (Å²) in [6, 6.07) is 19.8. The number of ether oxygens (including phenoxy) is 1. The molecule has 1 amide bonds. The van der Waals surface area contributed by atoms with Gasteiger partial charge in [0.2, 0.25) is 0 Å². The van der Waals surface area contributed by atoms with Crippen LogP contribution in [0.3, 0.4) is 0 Å². The number of amides is 1. The Labute approximate surface area is 169 Å². The quantitative estimate of drug-likeness (QED) is 0.474. The van der Waals surface area contributed by atoms with Crippen LogP contribution in [0.5, 0.6) is 0 Å². The van der Waals surface area contributed by atoms with Gasteiger partial charge in [0.25, 0.3) is 5.91 Å². The first kappa shape index (κ1) is 20.1. The van der Waals surface area contributed by atoms with Crippen molar-refractivity contribution in [2.75, 3.05) is 13.2 Å². The minimum Gasteiger partial charge on any atom is -0.452 e. The molecular weight excluding hydrogens is 366 g/mol. The average Bonchev–Trinajstić information content (AvgIpc) is 3.15. The lowest BCUT2D eigenvalue weighted by Gasteiger charge is -2.02. The standard InChI is InChI=1S/C23H23N3O3/c1-2-24-21(27)17-29-22(28)14-13-20-16-26(15-18-9-5-3-6-10-18)25-23(20)19-11-7-4-8-12-19/h3-14,16H,2,15,17H2,1H3,(H,24,27)/b14-13+. The van der Waals surface area contributed by atoms with Crippen molar-refractivity contribution in [2.45, 2.75) is 13.5 Å². The minimum atomic E-state index is -0.578. The van der Waals surface area contributed by atoms with Crippen molar-refractivity contribution in [1.29, 1.82) is 0 Å². The van der Waals surface area contributed by atoms with E-state index in [2.05, 4.69) is 5.32 Å². The van der Waals surface area contributed by atoms with Gasteiger partial charge in [-0.25, -0.2) is 4.79 Å². The summed E-state index contributed by atoms with van der Waals surface area (Å²) < 4.78 is 6.81. The van der Waals surface area contributed by atoms with E-state index in [4.69, 9.17) is 9.84 Å². The van der Waals surface area contributed by atoms with Gasteiger partial charge in [0.15, 0.2) is 6.61 Å². The molecule has 29 heavy (non-hydrogen) atoms. The lowest BCUT2D eigenvalue weighted by atomic mass is 10.1. The fourth-order valence-electron chi connectivity index (χ4n) is 2.82. The van der Waals surface area contributed by atoms with Crippen LogP contribution >= 0.6 is 0 Å². The van der Waals surface area contributed by atoms with Crippen molar-refractivity contribution in [3.63, 3.8) is 0 Å². The fourth-order valence-corrected chi connectivity index (χ4v) is 2.82. The van der Waals surface area contributed by atoms with Crippen LogP contribution in [0.4, 0.5) is 0 Å². The number of aromatic nitrogens is 2. The van der Waals surface area contributed by atoms with E-state index in [9.17, 15) is 9.59 Å². The number of rotatable bonds is 8. The molecule has 0 bridgehead atoms. The fraction of sp³-hybridized carbons (Fsp3) is 0.174. The first-order valence-electron chi connectivity index (χ1n) is 9.44. The third-order valence-corrected chi connectivity index (χ3v) is 4.14. The zero-order valence-electron chi connectivity index (χ0n) is 16.2. The Hall–Kier alpha value is -3.67. The highest BCUT2D eigenvalue weighted by molar-refractivity contribution is 5.90. The SMILES string of the molecule is CCNC(=O)COC(=O)/C=C/c1cn(Cc2ccccc2)nc1-c1ccccc1. The highest BCUT2D eigenvalue weighted by Crippen LogP contribution is 2.23. The maximum atomic E-state index is 12.0.